The molecule has 0 unspecified atom stereocenters. The van der Waals surface area contributed by atoms with E-state index in [-0.39, 0.29) is 23.6 Å². The molecule has 2 aliphatic rings. The number of aliphatic carboxylic acids is 1. The molecule has 0 spiro atoms. The van der Waals surface area contributed by atoms with Crippen LogP contribution in [0.15, 0.2) is 10.6 Å². The van der Waals surface area contributed by atoms with Gasteiger partial charge in [-0.25, -0.2) is 0 Å². The highest BCUT2D eigenvalue weighted by atomic mass is 16.5. The number of carboxylic acids is 1. The number of carboxylic acid groups (broad SMARTS) is 1. The van der Waals surface area contributed by atoms with E-state index in [1.165, 1.54) is 0 Å². The topological polar surface area (TPSA) is 92.4 Å². The van der Waals surface area contributed by atoms with Crippen molar-refractivity contribution in [3.05, 3.63) is 17.5 Å². The van der Waals surface area contributed by atoms with Crippen LogP contribution in [0.3, 0.4) is 0 Å². The molecule has 6 nitrogen and oxygen atoms in total. The first-order valence-corrected chi connectivity index (χ1v) is 6.14. The summed E-state index contributed by atoms with van der Waals surface area (Å²) < 4.78 is 4.99. The Morgan fingerprint density at radius 2 is 2.11 bits per heavy atom. The molecule has 2 N–H and O–H groups in total. The normalized spacial score (nSPS) is 26.4. The molecule has 18 heavy (non-hydrogen) atoms. The van der Waals surface area contributed by atoms with Gasteiger partial charge in [-0.3, -0.25) is 9.59 Å². The van der Waals surface area contributed by atoms with Gasteiger partial charge in [0.15, 0.2) is 0 Å². The van der Waals surface area contributed by atoms with Gasteiger partial charge >= 0.3 is 5.97 Å². The third-order valence-corrected chi connectivity index (χ3v) is 3.57. The first kappa shape index (κ1) is 11.3. The van der Waals surface area contributed by atoms with E-state index < -0.39 is 5.97 Å². The lowest BCUT2D eigenvalue weighted by Crippen LogP contribution is -2.46. The lowest BCUT2D eigenvalue weighted by atomic mass is 9.80. The molecule has 3 rings (SSSR count). The van der Waals surface area contributed by atoms with Crippen LogP contribution in [-0.4, -0.2) is 28.2 Å². The number of amides is 1. The molecule has 1 aromatic heterocycles. The summed E-state index contributed by atoms with van der Waals surface area (Å²) in [4.78, 5) is 22.4. The van der Waals surface area contributed by atoms with Gasteiger partial charge < -0.3 is 14.9 Å². The number of aromatic nitrogens is 1. The number of carbonyl (C=O) groups is 2. The summed E-state index contributed by atoms with van der Waals surface area (Å²) in [5, 5.41) is 15.4. The van der Waals surface area contributed by atoms with Gasteiger partial charge in [-0.15, -0.1) is 0 Å². The summed E-state index contributed by atoms with van der Waals surface area (Å²) in [6, 6.07) is 1.62. The highest BCUT2D eigenvalue weighted by Crippen LogP contribution is 2.39. The van der Waals surface area contributed by atoms with Crippen LogP contribution in [0.4, 0.5) is 0 Å². The molecule has 96 valence electrons. The third-order valence-electron chi connectivity index (χ3n) is 3.57. The monoisotopic (exact) mass is 250 g/mol. The molecule has 2 aliphatic carbocycles. The van der Waals surface area contributed by atoms with Crippen LogP contribution < -0.4 is 5.32 Å². The second kappa shape index (κ2) is 4.12. The summed E-state index contributed by atoms with van der Waals surface area (Å²) in [7, 11) is 0. The molecular weight excluding hydrogens is 236 g/mol. The number of carbonyl (C=O) groups excluding carboxylic acids is 1. The molecule has 1 amide bonds. The average molecular weight is 250 g/mol. The number of rotatable bonds is 4. The van der Waals surface area contributed by atoms with E-state index in [0.29, 0.717) is 18.8 Å². The Balaban J connectivity index is 1.53. The standard InChI is InChI=1S/C12H14N2O4/c15-11(13-8-3-7(4-8)12(16)17)10-5-9(14-18-10)6-1-2-6/h5-8H,1-4H2,(H,13,15)(H,16,17). The van der Waals surface area contributed by atoms with Crippen LogP contribution in [0, 0.1) is 5.92 Å². The van der Waals surface area contributed by atoms with Gasteiger partial charge in [-0.2, -0.15) is 0 Å². The van der Waals surface area contributed by atoms with Crippen molar-refractivity contribution in [2.75, 3.05) is 0 Å². The van der Waals surface area contributed by atoms with Gasteiger partial charge in [0.05, 0.1) is 11.6 Å². The lowest BCUT2D eigenvalue weighted by Gasteiger charge is -2.32. The maximum Gasteiger partial charge on any atom is 0.306 e. The van der Waals surface area contributed by atoms with Crippen LogP contribution in [0.25, 0.3) is 0 Å². The fraction of sp³-hybridized carbons (Fsp3) is 0.583. The Kier molecular flexibility index (Phi) is 2.57. The summed E-state index contributed by atoms with van der Waals surface area (Å²) in [6.45, 7) is 0. The Labute approximate surface area is 103 Å². The Morgan fingerprint density at radius 1 is 1.39 bits per heavy atom. The maximum absolute atomic E-state index is 11.8. The van der Waals surface area contributed by atoms with E-state index in [0.717, 1.165) is 18.5 Å². The Hall–Kier alpha value is -1.85. The summed E-state index contributed by atoms with van der Waals surface area (Å²) in [5.41, 5.74) is 0.845. The molecule has 0 aromatic carbocycles. The fourth-order valence-electron chi connectivity index (χ4n) is 2.16. The second-order valence-corrected chi connectivity index (χ2v) is 5.07. The van der Waals surface area contributed by atoms with Crippen molar-refractivity contribution < 1.29 is 19.2 Å². The number of hydrogen-bond donors (Lipinski definition) is 2. The molecule has 0 saturated heterocycles. The van der Waals surface area contributed by atoms with Gasteiger partial charge in [0.25, 0.3) is 5.91 Å². The Morgan fingerprint density at radius 3 is 2.72 bits per heavy atom. The quantitative estimate of drug-likeness (QED) is 0.836. The van der Waals surface area contributed by atoms with E-state index >= 15 is 0 Å². The van der Waals surface area contributed by atoms with Gasteiger partial charge in [0.2, 0.25) is 5.76 Å². The first-order chi connectivity index (χ1) is 8.63. The SMILES string of the molecule is O=C(NC1CC(C(=O)O)C1)c1cc(C2CC2)no1. The summed E-state index contributed by atoms with van der Waals surface area (Å²) in [6.07, 6.45) is 3.20. The van der Waals surface area contributed by atoms with Crippen LogP contribution in [0.5, 0.6) is 0 Å². The summed E-state index contributed by atoms with van der Waals surface area (Å²) in [5.74, 6) is -0.752. The number of nitrogens with zero attached hydrogens (tertiary/aromatic N) is 1. The highest BCUT2D eigenvalue weighted by Gasteiger charge is 2.36. The van der Waals surface area contributed by atoms with E-state index in [9.17, 15) is 9.59 Å². The molecule has 2 fully saturated rings. The van der Waals surface area contributed by atoms with Crippen LogP contribution in [0.2, 0.25) is 0 Å². The third kappa shape index (κ3) is 2.10. The van der Waals surface area contributed by atoms with Crippen molar-refractivity contribution in [2.24, 2.45) is 5.92 Å². The highest BCUT2D eigenvalue weighted by molar-refractivity contribution is 5.91. The van der Waals surface area contributed by atoms with Crippen LogP contribution in [0.1, 0.15) is 47.8 Å². The Bertz CT molecular complexity index is 486. The van der Waals surface area contributed by atoms with Gasteiger partial charge in [0.1, 0.15) is 0 Å². The number of nitrogens with one attached hydrogen (secondary N) is 1. The van der Waals surface area contributed by atoms with Crippen molar-refractivity contribution in [1.82, 2.24) is 10.5 Å². The minimum atomic E-state index is -0.795. The minimum absolute atomic E-state index is 0.0620. The second-order valence-electron chi connectivity index (χ2n) is 5.07. The van der Waals surface area contributed by atoms with E-state index in [2.05, 4.69) is 10.5 Å². The predicted octanol–water partition coefficient (Wildman–Crippen LogP) is 1.14. The molecule has 0 bridgehead atoms. The van der Waals surface area contributed by atoms with Crippen molar-refractivity contribution in [3.63, 3.8) is 0 Å². The van der Waals surface area contributed by atoms with Crippen LogP contribution >= 0.6 is 0 Å². The zero-order valence-electron chi connectivity index (χ0n) is 9.76. The molecule has 1 heterocycles. The zero-order chi connectivity index (χ0) is 12.7. The molecule has 2 saturated carbocycles. The molecule has 0 atom stereocenters. The zero-order valence-corrected chi connectivity index (χ0v) is 9.76. The smallest absolute Gasteiger partial charge is 0.306 e. The fourth-order valence-corrected chi connectivity index (χ4v) is 2.16. The summed E-state index contributed by atoms with van der Waals surface area (Å²) >= 11 is 0. The molecule has 6 heteroatoms. The van der Waals surface area contributed by atoms with E-state index in [1.54, 1.807) is 6.07 Å². The molecule has 0 aliphatic heterocycles. The number of hydrogen-bond acceptors (Lipinski definition) is 4. The maximum atomic E-state index is 11.8. The molecule has 1 aromatic rings. The molecular formula is C12H14N2O4. The molecule has 0 radical (unpaired) electrons. The van der Waals surface area contributed by atoms with E-state index in [1.807, 2.05) is 0 Å². The van der Waals surface area contributed by atoms with Gasteiger partial charge in [-0.05, 0) is 25.7 Å². The van der Waals surface area contributed by atoms with Crippen molar-refractivity contribution in [3.8, 4) is 0 Å². The predicted molar refractivity (Wildman–Crippen MR) is 60.1 cm³/mol. The van der Waals surface area contributed by atoms with Gasteiger partial charge in [-0.1, -0.05) is 5.16 Å². The largest absolute Gasteiger partial charge is 0.481 e. The van der Waals surface area contributed by atoms with Crippen molar-refractivity contribution in [2.45, 2.75) is 37.6 Å². The van der Waals surface area contributed by atoms with Crippen molar-refractivity contribution >= 4 is 11.9 Å². The van der Waals surface area contributed by atoms with E-state index in [4.69, 9.17) is 9.63 Å². The minimum Gasteiger partial charge on any atom is -0.481 e. The van der Waals surface area contributed by atoms with Crippen molar-refractivity contribution in [1.29, 1.82) is 0 Å². The lowest BCUT2D eigenvalue weighted by molar-refractivity contribution is -0.145. The van der Waals surface area contributed by atoms with Gasteiger partial charge in [0, 0.05) is 18.0 Å². The van der Waals surface area contributed by atoms with Crippen LogP contribution in [-0.2, 0) is 4.79 Å². The first-order valence-electron chi connectivity index (χ1n) is 6.14. The average Bonchev–Trinajstić information content (AvgIpc) is 3.00.